The van der Waals surface area contributed by atoms with Gasteiger partial charge in [0, 0.05) is 42.1 Å². The van der Waals surface area contributed by atoms with Crippen molar-refractivity contribution in [3.8, 4) is 23.2 Å². The van der Waals surface area contributed by atoms with E-state index in [0.717, 1.165) is 23.2 Å². The van der Waals surface area contributed by atoms with E-state index in [1.807, 2.05) is 26.1 Å². The fourth-order valence-electron chi connectivity index (χ4n) is 4.45. The molecule has 0 spiro atoms. The highest BCUT2D eigenvalue weighted by molar-refractivity contribution is 6.33. The summed E-state index contributed by atoms with van der Waals surface area (Å²) in [5.74, 6) is 1.58. The second-order valence-corrected chi connectivity index (χ2v) is 9.72. The lowest BCUT2D eigenvalue weighted by atomic mass is 10.0. The summed E-state index contributed by atoms with van der Waals surface area (Å²) >= 11 is 6.65. The largest absolute Gasteiger partial charge is 0.491 e. The number of aromatic nitrogens is 4. The molecule has 0 radical (unpaired) electrons. The summed E-state index contributed by atoms with van der Waals surface area (Å²) in [6.45, 7) is 6.96. The molecule has 202 valence electrons. The van der Waals surface area contributed by atoms with E-state index < -0.39 is 6.10 Å². The fraction of sp³-hybridized carbons (Fsp3) is 0.357. The third-order valence-corrected chi connectivity index (χ3v) is 6.90. The molecule has 3 aromatic rings. The van der Waals surface area contributed by atoms with Crippen LogP contribution < -0.4 is 15.4 Å². The number of aliphatic hydroxyl groups excluding tert-OH is 1. The van der Waals surface area contributed by atoms with Crippen LogP contribution in [0.3, 0.4) is 0 Å². The molecule has 0 saturated carbocycles. The Bertz CT molecular complexity index is 1460. The van der Waals surface area contributed by atoms with Gasteiger partial charge in [-0.3, -0.25) is 4.99 Å². The van der Waals surface area contributed by atoms with Gasteiger partial charge in [0.1, 0.15) is 36.3 Å². The van der Waals surface area contributed by atoms with Crippen LogP contribution in [0.15, 0.2) is 47.0 Å². The second kappa shape index (κ2) is 12.2. The maximum Gasteiger partial charge on any atom is 0.163 e. The zero-order valence-electron chi connectivity index (χ0n) is 22.4. The number of halogens is 1. The van der Waals surface area contributed by atoms with Crippen molar-refractivity contribution in [3.63, 3.8) is 0 Å². The van der Waals surface area contributed by atoms with E-state index in [4.69, 9.17) is 32.0 Å². The zero-order valence-corrected chi connectivity index (χ0v) is 23.2. The number of anilines is 1. The molecule has 11 heteroatoms. The molecule has 10 nitrogen and oxygen atoms in total. The molecule has 39 heavy (non-hydrogen) atoms. The summed E-state index contributed by atoms with van der Waals surface area (Å²) in [7, 11) is 1.63. The van der Waals surface area contributed by atoms with E-state index >= 15 is 0 Å². The molecule has 0 unspecified atom stereocenters. The maximum atomic E-state index is 10.1. The minimum Gasteiger partial charge on any atom is -0.491 e. The molecule has 1 aromatic carbocycles. The summed E-state index contributed by atoms with van der Waals surface area (Å²) in [5.41, 5.74) is 10.9. The third kappa shape index (κ3) is 6.00. The maximum absolute atomic E-state index is 10.1. The van der Waals surface area contributed by atoms with Crippen molar-refractivity contribution in [2.24, 2.45) is 10.7 Å². The number of ether oxygens (including phenoxy) is 1. The predicted octanol–water partition coefficient (Wildman–Crippen LogP) is 4.13. The molecular formula is C28H31ClN8O2. The van der Waals surface area contributed by atoms with Crippen molar-refractivity contribution in [1.29, 1.82) is 5.26 Å². The van der Waals surface area contributed by atoms with Gasteiger partial charge in [0.05, 0.1) is 34.8 Å². The van der Waals surface area contributed by atoms with Crippen LogP contribution in [0.4, 0.5) is 5.82 Å². The van der Waals surface area contributed by atoms with E-state index in [1.54, 1.807) is 32.2 Å². The van der Waals surface area contributed by atoms with Crippen molar-refractivity contribution in [2.75, 3.05) is 18.6 Å². The van der Waals surface area contributed by atoms with Gasteiger partial charge in [0.15, 0.2) is 5.82 Å². The van der Waals surface area contributed by atoms with Crippen LogP contribution in [0.1, 0.15) is 49.2 Å². The zero-order chi connectivity index (χ0) is 28.1. The number of benzene rings is 1. The monoisotopic (exact) mass is 546 g/mol. The summed E-state index contributed by atoms with van der Waals surface area (Å²) in [4.78, 5) is 24.9. The highest BCUT2D eigenvalue weighted by atomic mass is 35.5. The number of hydrogen-bond acceptors (Lipinski definition) is 10. The van der Waals surface area contributed by atoms with Crippen molar-refractivity contribution in [3.05, 3.63) is 69.5 Å². The standard InChI is InChI=1S/C28H31ClN8O2/c1-5-6-19(38)14-39-20-7-8-22(29)21(9-20)27-35-26(25(32-4)16(2)23(31)10-30)17(3)28(36-27)37-12-18-11-33-15-34-24(18)13-37/h7-9,11,15,19,38H,5-6,12-14,31H2,1-4H3/t19-/m1/s1. The summed E-state index contributed by atoms with van der Waals surface area (Å²) in [5, 5.41) is 20.0. The van der Waals surface area contributed by atoms with Gasteiger partial charge < -0.3 is 20.5 Å². The van der Waals surface area contributed by atoms with Crippen LogP contribution in [0.2, 0.25) is 5.02 Å². The first-order valence-electron chi connectivity index (χ1n) is 12.6. The molecule has 0 amide bonds. The molecule has 4 rings (SSSR count). The van der Waals surface area contributed by atoms with Gasteiger partial charge in [-0.05, 0) is 38.5 Å². The summed E-state index contributed by atoms with van der Waals surface area (Å²) in [6, 6.07) is 7.22. The molecule has 0 bridgehead atoms. The quantitative estimate of drug-likeness (QED) is 0.298. The van der Waals surface area contributed by atoms with Crippen molar-refractivity contribution < 1.29 is 9.84 Å². The number of aliphatic imine (C=N–C) groups is 1. The third-order valence-electron chi connectivity index (χ3n) is 6.57. The van der Waals surface area contributed by atoms with Crippen molar-refractivity contribution in [2.45, 2.75) is 52.8 Å². The molecule has 3 N–H and O–H groups in total. The lowest BCUT2D eigenvalue weighted by Crippen LogP contribution is -2.22. The van der Waals surface area contributed by atoms with E-state index in [-0.39, 0.29) is 12.3 Å². The van der Waals surface area contributed by atoms with Crippen molar-refractivity contribution >= 4 is 23.1 Å². The fourth-order valence-corrected chi connectivity index (χ4v) is 4.65. The number of allylic oxidation sites excluding steroid dienone is 2. The molecule has 2 aromatic heterocycles. The Morgan fingerprint density at radius 3 is 2.82 bits per heavy atom. The Balaban J connectivity index is 1.84. The predicted molar refractivity (Wildman–Crippen MR) is 151 cm³/mol. The van der Waals surface area contributed by atoms with Gasteiger partial charge in [-0.15, -0.1) is 0 Å². The number of aliphatic hydroxyl groups is 1. The smallest absolute Gasteiger partial charge is 0.163 e. The lowest BCUT2D eigenvalue weighted by Gasteiger charge is -2.22. The van der Waals surface area contributed by atoms with E-state index in [9.17, 15) is 10.4 Å². The summed E-state index contributed by atoms with van der Waals surface area (Å²) in [6.07, 6.45) is 4.29. The minimum atomic E-state index is -0.563. The molecule has 0 fully saturated rings. The van der Waals surface area contributed by atoms with Gasteiger partial charge in [-0.1, -0.05) is 24.9 Å². The van der Waals surface area contributed by atoms with Crippen LogP contribution in [-0.2, 0) is 13.1 Å². The SMILES string of the molecule is CCC[C@@H](O)COc1ccc(Cl)c(-c2nc(C(=NC)C(C)=C(N)C#N)c(C)c(N3Cc4cncnc4C3)n2)c1. The van der Waals surface area contributed by atoms with Gasteiger partial charge in [-0.2, -0.15) is 5.26 Å². The topological polar surface area (TPSA) is 146 Å². The number of nitriles is 1. The number of hydrogen-bond donors (Lipinski definition) is 2. The molecule has 3 heterocycles. The summed E-state index contributed by atoms with van der Waals surface area (Å²) < 4.78 is 5.84. The van der Waals surface area contributed by atoms with Crippen LogP contribution in [-0.4, -0.2) is 50.5 Å². The van der Waals surface area contributed by atoms with E-state index in [1.165, 1.54) is 6.33 Å². The molecule has 1 aliphatic heterocycles. The van der Waals surface area contributed by atoms with Crippen LogP contribution in [0.25, 0.3) is 11.4 Å². The first kappa shape index (κ1) is 28.0. The Labute approximate surface area is 232 Å². The molecule has 0 aliphatic carbocycles. The number of rotatable bonds is 9. The number of fused-ring (bicyclic) bond motifs is 1. The lowest BCUT2D eigenvalue weighted by molar-refractivity contribution is 0.0994. The average Bonchev–Trinajstić information content (AvgIpc) is 3.37. The first-order chi connectivity index (χ1) is 18.8. The first-order valence-corrected chi connectivity index (χ1v) is 13.0. The highest BCUT2D eigenvalue weighted by Gasteiger charge is 2.27. The molecule has 1 aliphatic rings. The average molecular weight is 547 g/mol. The van der Waals surface area contributed by atoms with Crippen LogP contribution in [0, 0.1) is 18.3 Å². The molecule has 1 atom stereocenters. The Hall–Kier alpha value is -4.07. The number of nitrogens with zero attached hydrogens (tertiary/aromatic N) is 7. The van der Waals surface area contributed by atoms with Crippen LogP contribution >= 0.6 is 11.6 Å². The molecule has 0 saturated heterocycles. The van der Waals surface area contributed by atoms with Crippen LogP contribution in [0.5, 0.6) is 5.75 Å². The van der Waals surface area contributed by atoms with Crippen molar-refractivity contribution in [1.82, 2.24) is 19.9 Å². The second-order valence-electron chi connectivity index (χ2n) is 9.31. The van der Waals surface area contributed by atoms with Gasteiger partial charge >= 0.3 is 0 Å². The minimum absolute atomic E-state index is 0.0552. The highest BCUT2D eigenvalue weighted by Crippen LogP contribution is 2.35. The van der Waals surface area contributed by atoms with Gasteiger partial charge in [-0.25, -0.2) is 19.9 Å². The normalized spacial score (nSPS) is 14.5. The van der Waals surface area contributed by atoms with Gasteiger partial charge in [0.25, 0.3) is 0 Å². The van der Waals surface area contributed by atoms with E-state index in [2.05, 4.69) is 19.9 Å². The molecular weight excluding hydrogens is 516 g/mol. The Morgan fingerprint density at radius 1 is 1.33 bits per heavy atom. The Morgan fingerprint density at radius 2 is 2.13 bits per heavy atom. The van der Waals surface area contributed by atoms with E-state index in [0.29, 0.717) is 64.5 Å². The number of nitrogens with two attached hydrogens (primary N) is 1. The van der Waals surface area contributed by atoms with Gasteiger partial charge in [0.2, 0.25) is 0 Å². The Kier molecular flexibility index (Phi) is 8.74.